The average Bonchev–Trinajstić information content (AvgIpc) is 3.55. The van der Waals surface area contributed by atoms with E-state index in [0.717, 1.165) is 59.4 Å². The Balaban J connectivity index is 1.40. The van der Waals surface area contributed by atoms with E-state index in [1.54, 1.807) is 7.11 Å². The van der Waals surface area contributed by atoms with Gasteiger partial charge in [-0.3, -0.25) is 0 Å². The maximum absolute atomic E-state index is 11.4. The minimum atomic E-state index is -0.553. The van der Waals surface area contributed by atoms with Crippen LogP contribution in [0.3, 0.4) is 0 Å². The Hall–Kier alpha value is -3.34. The molecule has 2 unspecified atom stereocenters. The van der Waals surface area contributed by atoms with E-state index in [9.17, 15) is 5.11 Å². The number of aryl methyl sites for hydroxylation is 4. The number of rotatable bonds is 8. The summed E-state index contributed by atoms with van der Waals surface area (Å²) < 4.78 is 12.6. The molecule has 0 fully saturated rings. The summed E-state index contributed by atoms with van der Waals surface area (Å²) in [4.78, 5) is -0.0151. The van der Waals surface area contributed by atoms with E-state index in [4.69, 9.17) is 9.47 Å². The van der Waals surface area contributed by atoms with E-state index >= 15 is 0 Å². The first-order chi connectivity index (χ1) is 23.0. The molecule has 6 rings (SSSR count). The fraction of sp³-hybridized carbons (Fsp3) is 0.422. The second-order valence-electron chi connectivity index (χ2n) is 16.3. The number of aliphatic hydroxyl groups excluding tert-OH is 1. The Morgan fingerprint density at radius 2 is 1.22 bits per heavy atom. The molecule has 4 aromatic carbocycles. The Morgan fingerprint density at radius 1 is 0.714 bits per heavy atom. The molecule has 0 aliphatic heterocycles. The van der Waals surface area contributed by atoms with Crippen LogP contribution in [0.5, 0.6) is 11.5 Å². The fourth-order valence-electron chi connectivity index (χ4n) is 8.35. The van der Waals surface area contributed by atoms with E-state index < -0.39 is 6.10 Å². The van der Waals surface area contributed by atoms with Crippen molar-refractivity contribution in [3.05, 3.63) is 110 Å². The van der Waals surface area contributed by atoms with E-state index in [2.05, 4.69) is 133 Å². The van der Waals surface area contributed by atoms with Gasteiger partial charge in [-0.2, -0.15) is 0 Å². The zero-order valence-electron chi connectivity index (χ0n) is 31.3. The molecule has 2 aliphatic carbocycles. The summed E-state index contributed by atoms with van der Waals surface area (Å²) in [5.74, 6) is 1.93. The van der Waals surface area contributed by atoms with Gasteiger partial charge in [0.2, 0.25) is 0 Å². The lowest BCUT2D eigenvalue weighted by atomic mass is 9.76. The monoisotopic (exact) mass is 720 g/mol. The highest BCUT2D eigenvalue weighted by Crippen LogP contribution is 2.52. The first kappa shape index (κ1) is 35.5. The highest BCUT2D eigenvalue weighted by molar-refractivity contribution is 9.09. The molecule has 0 bridgehead atoms. The summed E-state index contributed by atoms with van der Waals surface area (Å²) in [5.41, 5.74) is 18.2. The third-order valence-corrected chi connectivity index (χ3v) is 11.5. The van der Waals surface area contributed by atoms with Crippen molar-refractivity contribution < 1.29 is 14.6 Å². The molecule has 0 heterocycles. The molecule has 3 nitrogen and oxygen atoms in total. The Kier molecular flexibility index (Phi) is 9.48. The van der Waals surface area contributed by atoms with Gasteiger partial charge in [0.25, 0.3) is 0 Å². The molecule has 0 radical (unpaired) electrons. The first-order valence-corrected chi connectivity index (χ1v) is 18.6. The lowest BCUT2D eigenvalue weighted by Gasteiger charge is -2.31. The normalized spacial score (nSPS) is 17.2. The van der Waals surface area contributed by atoms with Gasteiger partial charge in [-0.1, -0.05) is 121 Å². The molecule has 0 aromatic heterocycles. The van der Waals surface area contributed by atoms with Crippen molar-refractivity contribution in [3.63, 3.8) is 0 Å². The third kappa shape index (κ3) is 6.64. The SMILES string of the molecule is COc1c(C(C)(C)C)cc2c(c1-c1cc(C)cc(C)c1)CC(CCC(C)(C)c1cc3c(c(-c4cc(C)cc(C)c4)c1OC)CC(Br)C3O)=C2. The molecule has 2 atom stereocenters. The minimum absolute atomic E-state index is 0.0151. The number of fused-ring (bicyclic) bond motifs is 2. The lowest BCUT2D eigenvalue weighted by molar-refractivity contribution is 0.187. The van der Waals surface area contributed by atoms with Gasteiger partial charge in [-0.15, -0.1) is 0 Å². The van der Waals surface area contributed by atoms with Crippen molar-refractivity contribution in [2.75, 3.05) is 14.2 Å². The smallest absolute Gasteiger partial charge is 0.130 e. The quantitative estimate of drug-likeness (QED) is 0.184. The van der Waals surface area contributed by atoms with Crippen molar-refractivity contribution in [2.24, 2.45) is 0 Å². The number of ether oxygens (including phenoxy) is 2. The molecule has 0 amide bonds. The number of allylic oxidation sites excluding steroid dienone is 1. The lowest BCUT2D eigenvalue weighted by Crippen LogP contribution is -2.20. The van der Waals surface area contributed by atoms with Crippen molar-refractivity contribution in [3.8, 4) is 33.8 Å². The molecule has 0 saturated carbocycles. The summed E-state index contributed by atoms with van der Waals surface area (Å²) >= 11 is 3.78. The predicted octanol–water partition coefficient (Wildman–Crippen LogP) is 11.6. The first-order valence-electron chi connectivity index (χ1n) is 17.7. The highest BCUT2D eigenvalue weighted by atomic mass is 79.9. The number of hydrogen-bond acceptors (Lipinski definition) is 3. The van der Waals surface area contributed by atoms with Crippen LogP contribution in [0.2, 0.25) is 0 Å². The molecule has 0 spiro atoms. The molecular formula is C45H53BrO3. The maximum Gasteiger partial charge on any atom is 0.130 e. The average molecular weight is 722 g/mol. The zero-order chi connectivity index (χ0) is 35.6. The minimum Gasteiger partial charge on any atom is -0.496 e. The van der Waals surface area contributed by atoms with Crippen LogP contribution in [0.4, 0.5) is 0 Å². The number of alkyl halides is 1. The molecule has 258 valence electrons. The highest BCUT2D eigenvalue weighted by Gasteiger charge is 2.37. The van der Waals surface area contributed by atoms with E-state index in [-0.39, 0.29) is 15.7 Å². The molecule has 49 heavy (non-hydrogen) atoms. The van der Waals surface area contributed by atoms with Crippen LogP contribution in [0.25, 0.3) is 28.3 Å². The summed E-state index contributed by atoms with van der Waals surface area (Å²) in [6.45, 7) is 20.1. The van der Waals surface area contributed by atoms with Gasteiger partial charge in [0, 0.05) is 27.1 Å². The van der Waals surface area contributed by atoms with Crippen molar-refractivity contribution in [2.45, 2.75) is 110 Å². The molecule has 1 N–H and O–H groups in total. The second-order valence-corrected chi connectivity index (χ2v) is 17.5. The number of hydrogen-bond donors (Lipinski definition) is 1. The van der Waals surface area contributed by atoms with Gasteiger partial charge < -0.3 is 14.6 Å². The Labute approximate surface area is 302 Å². The summed E-state index contributed by atoms with van der Waals surface area (Å²) in [5, 5.41) is 11.4. The van der Waals surface area contributed by atoms with Crippen molar-refractivity contribution in [1.82, 2.24) is 0 Å². The number of benzene rings is 4. The van der Waals surface area contributed by atoms with Crippen molar-refractivity contribution in [1.29, 1.82) is 0 Å². The Bertz CT molecular complexity index is 1930. The van der Waals surface area contributed by atoms with E-state index in [1.807, 2.05) is 7.11 Å². The topological polar surface area (TPSA) is 38.7 Å². The number of methoxy groups -OCH3 is 2. The predicted molar refractivity (Wildman–Crippen MR) is 210 cm³/mol. The van der Waals surface area contributed by atoms with Crippen LogP contribution in [0.15, 0.2) is 54.1 Å². The van der Waals surface area contributed by atoms with Gasteiger partial charge in [-0.25, -0.2) is 0 Å². The third-order valence-electron chi connectivity index (χ3n) is 10.7. The van der Waals surface area contributed by atoms with Crippen LogP contribution >= 0.6 is 15.9 Å². The number of halogens is 1. The molecular weight excluding hydrogens is 668 g/mol. The van der Waals surface area contributed by atoms with Crippen LogP contribution < -0.4 is 9.47 Å². The standard InChI is InChI=1S/C45H53BrO3/c1-25-14-26(2)17-31(16-25)39-33-21-29(20-30(33)22-36(42(39)48-10)44(5,6)7)12-13-45(8,9)37-23-35-34(24-38(46)41(35)47)40(43(37)49-11)32-18-27(3)15-28(4)19-32/h14-20,22-23,38,41,47H,12-13,21,24H2,1-11H3. The van der Waals surface area contributed by atoms with Gasteiger partial charge in [-0.05, 0) is 110 Å². The van der Waals surface area contributed by atoms with Crippen LogP contribution in [-0.4, -0.2) is 24.2 Å². The van der Waals surface area contributed by atoms with Crippen LogP contribution in [0.1, 0.15) is 109 Å². The number of aliphatic hydroxyl groups is 1. The summed E-state index contributed by atoms with van der Waals surface area (Å²) in [6.07, 6.45) is 5.47. The summed E-state index contributed by atoms with van der Waals surface area (Å²) in [6, 6.07) is 18.2. The molecule has 4 heteroatoms. The summed E-state index contributed by atoms with van der Waals surface area (Å²) in [7, 11) is 3.62. The van der Waals surface area contributed by atoms with Crippen molar-refractivity contribution >= 4 is 22.0 Å². The largest absolute Gasteiger partial charge is 0.496 e. The second kappa shape index (κ2) is 13.1. The van der Waals surface area contributed by atoms with Gasteiger partial charge in [0.15, 0.2) is 0 Å². The fourth-order valence-corrected chi connectivity index (χ4v) is 8.96. The van der Waals surface area contributed by atoms with E-state index in [1.165, 1.54) is 61.2 Å². The van der Waals surface area contributed by atoms with Crippen LogP contribution in [-0.2, 0) is 23.7 Å². The van der Waals surface area contributed by atoms with Gasteiger partial charge in [0.1, 0.15) is 11.5 Å². The van der Waals surface area contributed by atoms with Crippen LogP contribution in [0, 0.1) is 27.7 Å². The van der Waals surface area contributed by atoms with E-state index in [0.29, 0.717) is 0 Å². The molecule has 4 aromatic rings. The van der Waals surface area contributed by atoms with Gasteiger partial charge >= 0.3 is 0 Å². The van der Waals surface area contributed by atoms with Gasteiger partial charge in [0.05, 0.1) is 20.3 Å². The Morgan fingerprint density at radius 3 is 1.73 bits per heavy atom. The maximum atomic E-state index is 11.4. The zero-order valence-corrected chi connectivity index (χ0v) is 32.9. The molecule has 0 saturated heterocycles. The molecule has 2 aliphatic rings.